The van der Waals surface area contributed by atoms with Gasteiger partial charge in [0.15, 0.2) is 0 Å². The van der Waals surface area contributed by atoms with Crippen molar-refractivity contribution >= 4 is 5.57 Å². The number of allylic oxidation sites excluding steroid dienone is 4. The zero-order valence-corrected chi connectivity index (χ0v) is 8.49. The van der Waals surface area contributed by atoms with Crippen molar-refractivity contribution < 1.29 is 0 Å². The zero-order chi connectivity index (χ0) is 10.4. The Hall–Kier alpha value is -1.81. The summed E-state index contributed by atoms with van der Waals surface area (Å²) in [4.78, 5) is 0. The van der Waals surface area contributed by atoms with Crippen LogP contribution in [0, 0.1) is 11.3 Å². The summed E-state index contributed by atoms with van der Waals surface area (Å²) in [7, 11) is 0. The molecule has 0 aromatic heterocycles. The minimum atomic E-state index is 0.722. The first kappa shape index (κ1) is 10.3. The molecule has 0 aliphatic carbocycles. The molecule has 0 bridgehead atoms. The molecule has 0 heterocycles. The fourth-order valence-corrected chi connectivity index (χ4v) is 1.08. The quantitative estimate of drug-likeness (QED) is 0.508. The fourth-order valence-electron chi connectivity index (χ4n) is 1.08. The summed E-state index contributed by atoms with van der Waals surface area (Å²) in [5.74, 6) is 0. The van der Waals surface area contributed by atoms with Crippen LogP contribution in [-0.4, -0.2) is 0 Å². The number of nitrogens with zero attached hydrogens (tertiary/aromatic N) is 1. The first-order valence-electron chi connectivity index (χ1n) is 4.54. The Morgan fingerprint density at radius 2 is 1.79 bits per heavy atom. The first-order valence-corrected chi connectivity index (χ1v) is 4.54. The van der Waals surface area contributed by atoms with Gasteiger partial charge in [-0.1, -0.05) is 36.4 Å². The summed E-state index contributed by atoms with van der Waals surface area (Å²) < 4.78 is 0. The van der Waals surface area contributed by atoms with Gasteiger partial charge in [-0.2, -0.15) is 5.26 Å². The minimum absolute atomic E-state index is 0.722. The van der Waals surface area contributed by atoms with Gasteiger partial charge in [0, 0.05) is 5.57 Å². The lowest BCUT2D eigenvalue weighted by molar-refractivity contribution is 1.44. The van der Waals surface area contributed by atoms with Gasteiger partial charge in [-0.15, -0.1) is 0 Å². The second-order valence-electron chi connectivity index (χ2n) is 3.18. The van der Waals surface area contributed by atoms with Crippen molar-refractivity contribution in [2.75, 3.05) is 0 Å². The van der Waals surface area contributed by atoms with E-state index in [-0.39, 0.29) is 0 Å². The maximum atomic E-state index is 8.57. The average molecular weight is 183 g/mol. The van der Waals surface area contributed by atoms with E-state index in [4.69, 9.17) is 5.26 Å². The predicted molar refractivity (Wildman–Crippen MR) is 59.5 cm³/mol. The Balaban J connectivity index is 2.87. The summed E-state index contributed by atoms with van der Waals surface area (Å²) in [6.45, 7) is 3.84. The molecular weight excluding hydrogens is 170 g/mol. The van der Waals surface area contributed by atoms with Crippen LogP contribution in [0.5, 0.6) is 0 Å². The van der Waals surface area contributed by atoms with Gasteiger partial charge in [-0.3, -0.25) is 0 Å². The van der Waals surface area contributed by atoms with Crippen LogP contribution < -0.4 is 0 Å². The minimum Gasteiger partial charge on any atom is -0.193 e. The SMILES string of the molecule is CC(C#N)=CC=C(C)c1ccccc1. The highest BCUT2D eigenvalue weighted by atomic mass is 14.2. The van der Waals surface area contributed by atoms with Crippen LogP contribution in [0.25, 0.3) is 5.57 Å². The summed E-state index contributed by atoms with van der Waals surface area (Å²) in [6, 6.07) is 12.2. The third-order valence-electron chi connectivity index (χ3n) is 1.99. The van der Waals surface area contributed by atoms with E-state index in [2.05, 4.69) is 18.2 Å². The Morgan fingerprint density at radius 3 is 2.36 bits per heavy atom. The third-order valence-corrected chi connectivity index (χ3v) is 1.99. The Bertz CT molecular complexity index is 391. The van der Waals surface area contributed by atoms with Crippen molar-refractivity contribution in [2.24, 2.45) is 0 Å². The van der Waals surface area contributed by atoms with Crippen LogP contribution in [0.1, 0.15) is 19.4 Å². The molecule has 14 heavy (non-hydrogen) atoms. The van der Waals surface area contributed by atoms with Gasteiger partial charge < -0.3 is 0 Å². The van der Waals surface area contributed by atoms with Crippen molar-refractivity contribution in [3.8, 4) is 6.07 Å². The zero-order valence-electron chi connectivity index (χ0n) is 8.49. The van der Waals surface area contributed by atoms with Crippen LogP contribution in [-0.2, 0) is 0 Å². The molecule has 0 aliphatic heterocycles. The monoisotopic (exact) mass is 183 g/mol. The van der Waals surface area contributed by atoms with E-state index in [1.54, 1.807) is 6.92 Å². The molecule has 1 aromatic rings. The molecule has 1 nitrogen and oxygen atoms in total. The Labute approximate surface area is 85.0 Å². The lowest BCUT2D eigenvalue weighted by atomic mass is 10.1. The van der Waals surface area contributed by atoms with Crippen LogP contribution in [0.2, 0.25) is 0 Å². The predicted octanol–water partition coefficient (Wildman–Crippen LogP) is 3.56. The van der Waals surface area contributed by atoms with Crippen molar-refractivity contribution in [3.05, 3.63) is 53.6 Å². The number of hydrogen-bond acceptors (Lipinski definition) is 1. The third kappa shape index (κ3) is 2.91. The van der Waals surface area contributed by atoms with Crippen LogP contribution in [0.15, 0.2) is 48.1 Å². The van der Waals surface area contributed by atoms with E-state index in [0.29, 0.717) is 0 Å². The second-order valence-corrected chi connectivity index (χ2v) is 3.18. The lowest BCUT2D eigenvalue weighted by Gasteiger charge is -1.98. The summed E-state index contributed by atoms with van der Waals surface area (Å²) in [5, 5.41) is 8.57. The van der Waals surface area contributed by atoms with Crippen LogP contribution >= 0.6 is 0 Å². The lowest BCUT2D eigenvalue weighted by Crippen LogP contribution is -1.77. The van der Waals surface area contributed by atoms with Gasteiger partial charge in [0.05, 0.1) is 6.07 Å². The van der Waals surface area contributed by atoms with Gasteiger partial charge in [-0.05, 0) is 31.1 Å². The van der Waals surface area contributed by atoms with Crippen LogP contribution in [0.3, 0.4) is 0 Å². The van der Waals surface area contributed by atoms with E-state index in [9.17, 15) is 0 Å². The molecular formula is C13H13N. The highest BCUT2D eigenvalue weighted by Crippen LogP contribution is 2.12. The van der Waals surface area contributed by atoms with Crippen molar-refractivity contribution in [3.63, 3.8) is 0 Å². The molecule has 1 rings (SSSR count). The Morgan fingerprint density at radius 1 is 1.14 bits per heavy atom. The second kappa shape index (κ2) is 5.04. The van der Waals surface area contributed by atoms with E-state index < -0.39 is 0 Å². The number of rotatable bonds is 2. The molecule has 0 fully saturated rings. The van der Waals surface area contributed by atoms with E-state index in [1.165, 1.54) is 11.1 Å². The fraction of sp³-hybridized carbons (Fsp3) is 0.154. The Kier molecular flexibility index (Phi) is 3.69. The molecule has 70 valence electrons. The molecule has 0 N–H and O–H groups in total. The largest absolute Gasteiger partial charge is 0.193 e. The standard InChI is InChI=1S/C13H13N/c1-11(10-14)8-9-12(2)13-6-4-3-5-7-13/h3-9H,1-2H3. The highest BCUT2D eigenvalue weighted by molar-refractivity contribution is 5.65. The molecule has 0 radical (unpaired) electrons. The van der Waals surface area contributed by atoms with Gasteiger partial charge in [0.25, 0.3) is 0 Å². The molecule has 0 amide bonds. The smallest absolute Gasteiger partial charge is 0.0944 e. The maximum Gasteiger partial charge on any atom is 0.0944 e. The summed E-state index contributed by atoms with van der Waals surface area (Å²) in [5.41, 5.74) is 3.08. The highest BCUT2D eigenvalue weighted by Gasteiger charge is 1.91. The number of nitriles is 1. The first-order chi connectivity index (χ1) is 6.74. The van der Waals surface area contributed by atoms with Gasteiger partial charge in [0.1, 0.15) is 0 Å². The van der Waals surface area contributed by atoms with Crippen LogP contribution in [0.4, 0.5) is 0 Å². The van der Waals surface area contributed by atoms with E-state index >= 15 is 0 Å². The van der Waals surface area contributed by atoms with Crippen molar-refractivity contribution in [1.29, 1.82) is 5.26 Å². The molecule has 0 atom stereocenters. The molecule has 0 spiro atoms. The van der Waals surface area contributed by atoms with Gasteiger partial charge in [0.2, 0.25) is 0 Å². The maximum absolute atomic E-state index is 8.57. The molecule has 1 aromatic carbocycles. The van der Waals surface area contributed by atoms with Crippen molar-refractivity contribution in [1.82, 2.24) is 0 Å². The van der Waals surface area contributed by atoms with E-state index in [0.717, 1.165) is 5.57 Å². The summed E-state index contributed by atoms with van der Waals surface area (Å²) in [6.07, 6.45) is 3.80. The van der Waals surface area contributed by atoms with Gasteiger partial charge >= 0.3 is 0 Å². The molecule has 0 aliphatic rings. The van der Waals surface area contributed by atoms with E-state index in [1.807, 2.05) is 37.3 Å². The normalized spacial score (nSPS) is 12.4. The number of hydrogen-bond donors (Lipinski definition) is 0. The topological polar surface area (TPSA) is 23.8 Å². The summed E-state index contributed by atoms with van der Waals surface area (Å²) >= 11 is 0. The molecule has 0 unspecified atom stereocenters. The average Bonchev–Trinajstić information content (AvgIpc) is 2.26. The molecule has 0 saturated heterocycles. The van der Waals surface area contributed by atoms with Crippen molar-refractivity contribution in [2.45, 2.75) is 13.8 Å². The van der Waals surface area contributed by atoms with Gasteiger partial charge in [-0.25, -0.2) is 0 Å². The molecule has 1 heteroatoms. The number of benzene rings is 1. The molecule has 0 saturated carbocycles.